The maximum absolute atomic E-state index is 13.2. The van der Waals surface area contributed by atoms with Crippen molar-refractivity contribution < 1.29 is 38.8 Å². The van der Waals surface area contributed by atoms with Crippen molar-refractivity contribution in [3.8, 4) is 0 Å². The van der Waals surface area contributed by atoms with Crippen LogP contribution in [0.4, 0.5) is 5.13 Å². The number of carboxylic acids is 2. The number of aliphatic carboxylic acids is 2. The number of pyridine rings is 1. The summed E-state index contributed by atoms with van der Waals surface area (Å²) in [6, 6.07) is 2.89. The van der Waals surface area contributed by atoms with E-state index in [1.165, 1.54) is 35.9 Å². The van der Waals surface area contributed by atoms with Crippen LogP contribution in [0.1, 0.15) is 19.5 Å². The van der Waals surface area contributed by atoms with Crippen molar-refractivity contribution in [2.45, 2.75) is 37.4 Å². The van der Waals surface area contributed by atoms with Crippen LogP contribution in [0.25, 0.3) is 10.1 Å². The molecule has 0 spiro atoms. The number of hydrogen-bond donors (Lipinski definition) is 4. The monoisotopic (exact) mass is 603 g/mol. The summed E-state index contributed by atoms with van der Waals surface area (Å²) in [5, 5.41) is 29.6. The standard InChI is InChI=1S/C24H22N6O7S3/c1-24(2,22(35)36)37-28-15(13-10-40-23(25)26-13)18(31)27-16-19(32)30-17(21(33)34)12(9-39-20(16)30)8-29-5-3-14-11(7-29)4-6-38-14/h3-7,10,16,20H,8-9H2,1-2H3,(H4-,25,26,27,31,33,34,35,36)/p+1/b28-15+. The van der Waals surface area contributed by atoms with Gasteiger partial charge in [-0.15, -0.1) is 34.4 Å². The summed E-state index contributed by atoms with van der Waals surface area (Å²) < 4.78 is 2.98. The van der Waals surface area contributed by atoms with E-state index in [2.05, 4.69) is 15.5 Å². The van der Waals surface area contributed by atoms with E-state index < -0.39 is 40.8 Å². The first kappa shape index (κ1) is 27.5. The number of hydrogen-bond acceptors (Lipinski definition) is 11. The van der Waals surface area contributed by atoms with E-state index in [1.807, 2.05) is 34.5 Å². The van der Waals surface area contributed by atoms with Crippen molar-refractivity contribution in [1.29, 1.82) is 0 Å². The number of fused-ring (bicyclic) bond motifs is 2. The number of anilines is 1. The lowest BCUT2D eigenvalue weighted by Gasteiger charge is -2.49. The van der Waals surface area contributed by atoms with Gasteiger partial charge in [0, 0.05) is 27.5 Å². The van der Waals surface area contributed by atoms with Gasteiger partial charge >= 0.3 is 11.9 Å². The lowest BCUT2D eigenvalue weighted by atomic mass is 10.0. The Morgan fingerprint density at radius 2 is 2.08 bits per heavy atom. The topological polar surface area (TPSA) is 188 Å². The molecule has 0 aromatic carbocycles. The number of carbonyl (C=O) groups is 4. The van der Waals surface area contributed by atoms with Crippen LogP contribution < -0.4 is 15.6 Å². The smallest absolute Gasteiger partial charge is 0.352 e. The average molecular weight is 604 g/mol. The fourth-order valence-electron chi connectivity index (χ4n) is 4.09. The summed E-state index contributed by atoms with van der Waals surface area (Å²) in [5.41, 5.74) is 4.06. The molecule has 1 fully saturated rings. The first-order valence-corrected chi connectivity index (χ1v) is 14.5. The number of rotatable bonds is 9. The second kappa shape index (κ2) is 10.5. The molecule has 1 saturated heterocycles. The van der Waals surface area contributed by atoms with Gasteiger partial charge in [-0.05, 0) is 25.3 Å². The highest BCUT2D eigenvalue weighted by Gasteiger charge is 2.55. The third-order valence-electron chi connectivity index (χ3n) is 6.22. The maximum Gasteiger partial charge on any atom is 0.352 e. The zero-order valence-electron chi connectivity index (χ0n) is 21.1. The molecular weight excluding hydrogens is 581 g/mol. The molecule has 5 heterocycles. The van der Waals surface area contributed by atoms with Gasteiger partial charge in [0.15, 0.2) is 29.8 Å². The Labute approximate surface area is 238 Å². The minimum Gasteiger partial charge on any atom is -0.478 e. The number of thioether (sulfide) groups is 1. The van der Waals surface area contributed by atoms with Crippen LogP contribution in [-0.4, -0.2) is 72.3 Å². The van der Waals surface area contributed by atoms with E-state index >= 15 is 0 Å². The summed E-state index contributed by atoms with van der Waals surface area (Å²) in [5.74, 6) is -3.66. The van der Waals surface area contributed by atoms with E-state index in [-0.39, 0.29) is 28.8 Å². The van der Waals surface area contributed by atoms with Crippen LogP contribution in [0.3, 0.4) is 0 Å². The molecule has 5 N–H and O–H groups in total. The summed E-state index contributed by atoms with van der Waals surface area (Å²) in [4.78, 5) is 60.4. The Balaban J connectivity index is 1.36. The van der Waals surface area contributed by atoms with Crippen molar-refractivity contribution in [3.63, 3.8) is 0 Å². The van der Waals surface area contributed by atoms with Gasteiger partial charge in [0.2, 0.25) is 5.60 Å². The van der Waals surface area contributed by atoms with E-state index in [0.29, 0.717) is 11.3 Å². The third kappa shape index (κ3) is 5.12. The molecule has 0 radical (unpaired) electrons. The third-order valence-corrected chi connectivity index (χ3v) is 9.13. The van der Waals surface area contributed by atoms with Crippen molar-refractivity contribution >= 4 is 79.1 Å². The average Bonchev–Trinajstić information content (AvgIpc) is 3.55. The largest absolute Gasteiger partial charge is 0.478 e. The molecule has 2 amide bonds. The van der Waals surface area contributed by atoms with Crippen LogP contribution in [0.2, 0.25) is 0 Å². The number of nitrogens with one attached hydrogen (secondary N) is 1. The number of aromatic nitrogens is 2. The van der Waals surface area contributed by atoms with E-state index in [4.69, 9.17) is 10.6 Å². The number of nitrogens with zero attached hydrogens (tertiary/aromatic N) is 4. The van der Waals surface area contributed by atoms with Crippen molar-refractivity contribution in [3.05, 3.63) is 52.3 Å². The van der Waals surface area contributed by atoms with Crippen molar-refractivity contribution in [2.24, 2.45) is 5.16 Å². The highest BCUT2D eigenvalue weighted by atomic mass is 32.2. The number of oxime groups is 1. The van der Waals surface area contributed by atoms with E-state index in [1.54, 1.807) is 11.3 Å². The highest BCUT2D eigenvalue weighted by Crippen LogP contribution is 2.40. The Bertz CT molecular complexity index is 1610. The first-order valence-electron chi connectivity index (χ1n) is 11.7. The Morgan fingerprint density at radius 3 is 2.75 bits per heavy atom. The number of thiazole rings is 1. The number of carbonyl (C=O) groups excluding carboxylic acids is 2. The van der Waals surface area contributed by atoms with Crippen LogP contribution in [-0.2, 0) is 30.6 Å². The van der Waals surface area contributed by atoms with Gasteiger partial charge in [0.05, 0.1) is 5.39 Å². The number of β-lactam (4-membered cyclic amide) rings is 1. The quantitative estimate of drug-likeness (QED) is 0.120. The number of nitrogens with two attached hydrogens (primary N) is 1. The Morgan fingerprint density at radius 1 is 1.30 bits per heavy atom. The molecule has 2 unspecified atom stereocenters. The molecule has 2 atom stereocenters. The summed E-state index contributed by atoms with van der Waals surface area (Å²) >= 11 is 3.97. The molecular formula is C24H23N6O7S3+. The summed E-state index contributed by atoms with van der Waals surface area (Å²) in [6.45, 7) is 2.79. The lowest BCUT2D eigenvalue weighted by molar-refractivity contribution is -0.687. The minimum atomic E-state index is -1.75. The lowest BCUT2D eigenvalue weighted by Crippen LogP contribution is -2.71. The van der Waals surface area contributed by atoms with Gasteiger partial charge in [-0.2, -0.15) is 0 Å². The fourth-order valence-corrected chi connectivity index (χ4v) is 6.73. The molecule has 5 rings (SSSR count). The molecule has 16 heteroatoms. The second-order valence-corrected chi connectivity index (χ2v) is 12.3. The zero-order valence-corrected chi connectivity index (χ0v) is 23.5. The normalized spacial score (nSPS) is 19.3. The molecule has 13 nitrogen and oxygen atoms in total. The molecule has 2 aliphatic heterocycles. The second-order valence-electron chi connectivity index (χ2n) is 9.39. The van der Waals surface area contributed by atoms with Crippen molar-refractivity contribution in [2.75, 3.05) is 11.5 Å². The summed E-state index contributed by atoms with van der Waals surface area (Å²) in [6.07, 6.45) is 3.79. The highest BCUT2D eigenvalue weighted by molar-refractivity contribution is 8.00. The number of amides is 2. The van der Waals surface area contributed by atoms with Crippen molar-refractivity contribution in [1.82, 2.24) is 15.2 Å². The minimum absolute atomic E-state index is 0.0362. The molecule has 208 valence electrons. The molecule has 40 heavy (non-hydrogen) atoms. The number of carboxylic acid groups (broad SMARTS) is 2. The predicted molar refractivity (Wildman–Crippen MR) is 148 cm³/mol. The molecule has 3 aromatic rings. The molecule has 2 aliphatic rings. The van der Waals surface area contributed by atoms with Gasteiger partial charge in [-0.3, -0.25) is 14.5 Å². The molecule has 0 bridgehead atoms. The summed E-state index contributed by atoms with van der Waals surface area (Å²) in [7, 11) is 0. The first-order chi connectivity index (χ1) is 19.0. The Kier molecular flexibility index (Phi) is 7.24. The van der Waals surface area contributed by atoms with Crippen LogP contribution in [0.15, 0.2) is 51.7 Å². The van der Waals surface area contributed by atoms with Crippen LogP contribution >= 0.6 is 34.4 Å². The van der Waals surface area contributed by atoms with Gasteiger partial charge in [0.25, 0.3) is 11.8 Å². The Hall–Kier alpha value is -4.02. The molecule has 3 aromatic heterocycles. The van der Waals surface area contributed by atoms with Crippen LogP contribution in [0.5, 0.6) is 0 Å². The SMILES string of the molecule is CC(C)(O/N=C(/C(=O)NC1C(=O)N2C(C(=O)O)=C(C[n+]3ccc4sccc4c3)CSC12)c1csc(N)n1)C(=O)O. The zero-order chi connectivity index (χ0) is 28.8. The molecule has 0 saturated carbocycles. The predicted octanol–water partition coefficient (Wildman–Crippen LogP) is 1.25. The van der Waals surface area contributed by atoms with E-state index in [9.17, 15) is 29.4 Å². The molecule has 0 aliphatic carbocycles. The fraction of sp³-hybridized carbons (Fsp3) is 0.292. The van der Waals surface area contributed by atoms with Gasteiger partial charge in [0.1, 0.15) is 22.8 Å². The van der Waals surface area contributed by atoms with Gasteiger partial charge in [-0.1, -0.05) is 5.16 Å². The van der Waals surface area contributed by atoms with Gasteiger partial charge in [-0.25, -0.2) is 19.1 Å². The number of thiophene rings is 1. The van der Waals surface area contributed by atoms with E-state index in [0.717, 1.165) is 21.4 Å². The van der Waals surface area contributed by atoms with Gasteiger partial charge < -0.3 is 26.1 Å². The van der Waals surface area contributed by atoms with Crippen LogP contribution in [0, 0.1) is 0 Å². The maximum atomic E-state index is 13.2. The number of nitrogen functional groups attached to an aromatic ring is 1.